The lowest BCUT2D eigenvalue weighted by molar-refractivity contribution is 0.102. The summed E-state index contributed by atoms with van der Waals surface area (Å²) in [4.78, 5) is 13.5. The van der Waals surface area contributed by atoms with Gasteiger partial charge in [0.15, 0.2) is 10.0 Å². The van der Waals surface area contributed by atoms with Crippen LogP contribution in [-0.4, -0.2) is 39.0 Å². The number of benzene rings is 1. The van der Waals surface area contributed by atoms with Crippen LogP contribution in [0.2, 0.25) is 0 Å². The molecule has 142 valence electrons. The summed E-state index contributed by atoms with van der Waals surface area (Å²) in [5, 5.41) is 18.5. The van der Waals surface area contributed by atoms with Crippen molar-refractivity contribution in [2.45, 2.75) is 28.1 Å². The molecule has 1 aliphatic heterocycles. The molecule has 1 fully saturated rings. The van der Waals surface area contributed by atoms with Gasteiger partial charge in [-0.25, -0.2) is 0 Å². The highest BCUT2D eigenvalue weighted by atomic mass is 35.5. The van der Waals surface area contributed by atoms with E-state index in [2.05, 4.69) is 25.9 Å². The highest BCUT2D eigenvalue weighted by Crippen LogP contribution is 2.29. The normalized spacial score (nSPS) is 16.5. The number of halogens is 1. The van der Waals surface area contributed by atoms with Gasteiger partial charge in [0.25, 0.3) is 5.91 Å². The average molecular weight is 423 g/mol. The number of hydrogen-bond donors (Lipinski definition) is 2. The number of piperidine rings is 1. The van der Waals surface area contributed by atoms with E-state index in [4.69, 9.17) is 0 Å². The Labute approximate surface area is 171 Å². The molecular formula is C17H19ClN6OS2. The Balaban J connectivity index is 0.00000210. The number of amides is 1. The zero-order valence-electron chi connectivity index (χ0n) is 14.4. The zero-order valence-corrected chi connectivity index (χ0v) is 16.8. The molecule has 0 saturated carbocycles. The maximum Gasteiger partial charge on any atom is 0.276 e. The zero-order chi connectivity index (χ0) is 17.8. The topological polar surface area (TPSA) is 84.7 Å². The second-order valence-corrected chi connectivity index (χ2v) is 8.12. The van der Waals surface area contributed by atoms with Crippen LogP contribution in [0.1, 0.15) is 29.4 Å². The third-order valence-corrected chi connectivity index (χ3v) is 5.93. The summed E-state index contributed by atoms with van der Waals surface area (Å²) in [6.45, 7) is 1.95. The van der Waals surface area contributed by atoms with Crippen molar-refractivity contribution in [3.05, 3.63) is 47.7 Å². The molecule has 4 rings (SSSR count). The van der Waals surface area contributed by atoms with Crippen LogP contribution in [0, 0.1) is 0 Å². The number of anilines is 1. The molecule has 0 aliphatic carbocycles. The van der Waals surface area contributed by atoms with E-state index in [1.807, 2.05) is 35.1 Å². The van der Waals surface area contributed by atoms with Crippen LogP contribution < -0.4 is 10.6 Å². The van der Waals surface area contributed by atoms with Gasteiger partial charge in [-0.1, -0.05) is 23.1 Å². The summed E-state index contributed by atoms with van der Waals surface area (Å²) in [5.41, 5.74) is 2.88. The molecule has 0 radical (unpaired) electrons. The Kier molecular flexibility index (Phi) is 6.84. The summed E-state index contributed by atoms with van der Waals surface area (Å²) < 4.78 is 2.78. The SMILES string of the molecule is Cl.O=C(Nc1ccc(Sc2nncs2)cc1)c1ccn(C2CCCNC2)n1. The quantitative estimate of drug-likeness (QED) is 0.654. The maximum absolute atomic E-state index is 12.4. The minimum absolute atomic E-state index is 0. The van der Waals surface area contributed by atoms with E-state index in [0.717, 1.165) is 40.9 Å². The Morgan fingerprint density at radius 2 is 2.15 bits per heavy atom. The van der Waals surface area contributed by atoms with Crippen molar-refractivity contribution < 1.29 is 4.79 Å². The largest absolute Gasteiger partial charge is 0.321 e. The molecule has 27 heavy (non-hydrogen) atoms. The minimum Gasteiger partial charge on any atom is -0.321 e. The van der Waals surface area contributed by atoms with E-state index < -0.39 is 0 Å². The predicted octanol–water partition coefficient (Wildman–Crippen LogP) is 3.48. The standard InChI is InChI=1S/C17H18N6OS2.ClH/c24-16(15-7-9-23(22-15)13-2-1-8-18-10-13)20-12-3-5-14(6-4-12)26-17-21-19-11-25-17;/h3-7,9,11,13,18H,1-2,8,10H2,(H,20,24);1H. The van der Waals surface area contributed by atoms with Crippen LogP contribution in [-0.2, 0) is 0 Å². The molecule has 1 aliphatic rings. The first kappa shape index (κ1) is 19.8. The number of carbonyl (C=O) groups is 1. The fourth-order valence-corrected chi connectivity index (χ4v) is 4.28. The summed E-state index contributed by atoms with van der Waals surface area (Å²) in [6.07, 6.45) is 4.10. The van der Waals surface area contributed by atoms with Gasteiger partial charge in [0, 0.05) is 23.3 Å². The lowest BCUT2D eigenvalue weighted by Crippen LogP contribution is -2.32. The summed E-state index contributed by atoms with van der Waals surface area (Å²) in [6, 6.07) is 9.75. The Morgan fingerprint density at radius 1 is 1.30 bits per heavy atom. The van der Waals surface area contributed by atoms with Crippen molar-refractivity contribution in [2.75, 3.05) is 18.4 Å². The van der Waals surface area contributed by atoms with Gasteiger partial charge < -0.3 is 10.6 Å². The first-order valence-electron chi connectivity index (χ1n) is 8.39. The first-order valence-corrected chi connectivity index (χ1v) is 10.1. The molecule has 3 aromatic rings. The van der Waals surface area contributed by atoms with Gasteiger partial charge in [0.1, 0.15) is 5.51 Å². The molecule has 0 bridgehead atoms. The fraction of sp³-hybridized carbons (Fsp3) is 0.294. The van der Waals surface area contributed by atoms with Crippen molar-refractivity contribution >= 4 is 47.1 Å². The highest BCUT2D eigenvalue weighted by molar-refractivity contribution is 8.01. The molecule has 2 aromatic heterocycles. The van der Waals surface area contributed by atoms with Crippen LogP contribution in [0.3, 0.4) is 0 Å². The second kappa shape index (κ2) is 9.32. The number of aromatic nitrogens is 4. The maximum atomic E-state index is 12.4. The van der Waals surface area contributed by atoms with E-state index in [1.54, 1.807) is 23.3 Å². The number of carbonyl (C=O) groups excluding carboxylic acids is 1. The molecule has 1 amide bonds. The van der Waals surface area contributed by atoms with Crippen LogP contribution in [0.15, 0.2) is 51.3 Å². The molecule has 1 saturated heterocycles. The molecule has 3 heterocycles. The van der Waals surface area contributed by atoms with Crippen LogP contribution in [0.5, 0.6) is 0 Å². The van der Waals surface area contributed by atoms with Gasteiger partial charge in [-0.15, -0.1) is 22.6 Å². The highest BCUT2D eigenvalue weighted by Gasteiger charge is 2.17. The summed E-state index contributed by atoms with van der Waals surface area (Å²) >= 11 is 3.05. The Bertz CT molecular complexity index is 862. The molecule has 10 heteroatoms. The minimum atomic E-state index is -0.197. The number of rotatable bonds is 5. The van der Waals surface area contributed by atoms with Crippen LogP contribution >= 0.6 is 35.5 Å². The van der Waals surface area contributed by atoms with E-state index in [9.17, 15) is 4.79 Å². The summed E-state index contributed by atoms with van der Waals surface area (Å²) in [7, 11) is 0. The van der Waals surface area contributed by atoms with Crippen molar-refractivity contribution in [3.8, 4) is 0 Å². The fourth-order valence-electron chi connectivity index (χ4n) is 2.83. The Hall–Kier alpha value is -1.94. The van der Waals surface area contributed by atoms with Gasteiger partial charge in [-0.2, -0.15) is 5.10 Å². The average Bonchev–Trinajstić information content (AvgIpc) is 3.36. The van der Waals surface area contributed by atoms with Crippen LogP contribution in [0.4, 0.5) is 5.69 Å². The third kappa shape index (κ3) is 5.07. The first-order chi connectivity index (χ1) is 12.8. The van der Waals surface area contributed by atoms with E-state index in [0.29, 0.717) is 11.7 Å². The molecular weight excluding hydrogens is 404 g/mol. The monoisotopic (exact) mass is 422 g/mol. The van der Waals surface area contributed by atoms with E-state index in [-0.39, 0.29) is 18.3 Å². The van der Waals surface area contributed by atoms with Gasteiger partial charge in [-0.05, 0) is 49.7 Å². The molecule has 7 nitrogen and oxygen atoms in total. The molecule has 0 spiro atoms. The summed E-state index contributed by atoms with van der Waals surface area (Å²) in [5.74, 6) is -0.197. The number of nitrogens with one attached hydrogen (secondary N) is 2. The number of nitrogens with zero attached hydrogens (tertiary/aromatic N) is 4. The van der Waals surface area contributed by atoms with Crippen molar-refractivity contribution in [2.24, 2.45) is 0 Å². The van der Waals surface area contributed by atoms with Crippen molar-refractivity contribution in [1.29, 1.82) is 0 Å². The molecule has 2 N–H and O–H groups in total. The third-order valence-electron chi connectivity index (χ3n) is 4.14. The van der Waals surface area contributed by atoms with E-state index >= 15 is 0 Å². The predicted molar refractivity (Wildman–Crippen MR) is 109 cm³/mol. The lowest BCUT2D eigenvalue weighted by Gasteiger charge is -2.22. The molecule has 1 aromatic carbocycles. The van der Waals surface area contributed by atoms with Gasteiger partial charge in [0.05, 0.1) is 6.04 Å². The van der Waals surface area contributed by atoms with Crippen LogP contribution in [0.25, 0.3) is 0 Å². The Morgan fingerprint density at radius 3 is 2.85 bits per heavy atom. The molecule has 1 unspecified atom stereocenters. The van der Waals surface area contributed by atoms with Crippen molar-refractivity contribution in [1.82, 2.24) is 25.3 Å². The van der Waals surface area contributed by atoms with Crippen molar-refractivity contribution in [3.63, 3.8) is 0 Å². The van der Waals surface area contributed by atoms with E-state index in [1.165, 1.54) is 11.3 Å². The van der Waals surface area contributed by atoms with Gasteiger partial charge in [0.2, 0.25) is 0 Å². The van der Waals surface area contributed by atoms with Gasteiger partial charge >= 0.3 is 0 Å². The molecule has 1 atom stereocenters. The number of hydrogen-bond acceptors (Lipinski definition) is 7. The van der Waals surface area contributed by atoms with Gasteiger partial charge in [-0.3, -0.25) is 9.48 Å². The second-order valence-electron chi connectivity index (χ2n) is 5.97. The smallest absolute Gasteiger partial charge is 0.276 e. The lowest BCUT2D eigenvalue weighted by atomic mass is 10.1.